The van der Waals surface area contributed by atoms with Gasteiger partial charge in [0.05, 0.1) is 10.5 Å². The van der Waals surface area contributed by atoms with Crippen LogP contribution in [0.1, 0.15) is 26.3 Å². The van der Waals surface area contributed by atoms with Gasteiger partial charge in [-0.1, -0.05) is 17.9 Å². The molecule has 0 radical (unpaired) electrons. The number of hydrogen-bond donors (Lipinski definition) is 1. The lowest BCUT2D eigenvalue weighted by atomic mass is 9.97. The first-order valence-electron chi connectivity index (χ1n) is 7.91. The normalized spacial score (nSPS) is 10.7. The van der Waals surface area contributed by atoms with Gasteiger partial charge in [0.15, 0.2) is 0 Å². The van der Waals surface area contributed by atoms with Crippen LogP contribution in [0.15, 0.2) is 37.1 Å². The summed E-state index contributed by atoms with van der Waals surface area (Å²) in [5, 5.41) is 18.8. The molecule has 0 aliphatic heterocycles. The maximum Gasteiger partial charge on any atom is 0.270 e. The second kappa shape index (κ2) is 7.22. The third-order valence-corrected chi connectivity index (χ3v) is 3.31. The lowest BCUT2D eigenvalue weighted by molar-refractivity contribution is -0.384. The minimum Gasteiger partial charge on any atom is -0.381 e. The molecule has 0 spiro atoms. The minimum atomic E-state index is -0.412. The average Bonchev–Trinajstić information content (AvgIpc) is 2.90. The quantitative estimate of drug-likeness (QED) is 0.387. The summed E-state index contributed by atoms with van der Waals surface area (Å²) < 4.78 is 1.66. The topological polar surface area (TPSA) is 73.0 Å². The number of nitrogens with one attached hydrogen (secondary N) is 1. The molecule has 0 amide bonds. The van der Waals surface area contributed by atoms with Crippen LogP contribution in [0, 0.1) is 27.4 Å². The molecule has 1 heterocycles. The van der Waals surface area contributed by atoms with Gasteiger partial charge < -0.3 is 5.32 Å². The van der Waals surface area contributed by atoms with Crippen LogP contribution in [-0.4, -0.2) is 21.2 Å². The minimum absolute atomic E-state index is 0.0135. The summed E-state index contributed by atoms with van der Waals surface area (Å²) in [4.78, 5) is 10.8. The molecule has 130 valence electrons. The van der Waals surface area contributed by atoms with E-state index in [1.807, 2.05) is 27.0 Å². The van der Waals surface area contributed by atoms with Crippen molar-refractivity contribution in [3.63, 3.8) is 0 Å². The van der Waals surface area contributed by atoms with E-state index in [1.54, 1.807) is 23.9 Å². The molecule has 2 rings (SSSR count). The van der Waals surface area contributed by atoms with Gasteiger partial charge in [-0.2, -0.15) is 5.10 Å². The summed E-state index contributed by atoms with van der Waals surface area (Å²) in [5.74, 6) is 6.34. The van der Waals surface area contributed by atoms with E-state index in [0.29, 0.717) is 17.8 Å². The molecule has 6 heteroatoms. The van der Waals surface area contributed by atoms with Gasteiger partial charge in [-0.25, -0.2) is 0 Å². The van der Waals surface area contributed by atoms with Crippen molar-refractivity contribution in [1.82, 2.24) is 9.78 Å². The summed E-state index contributed by atoms with van der Waals surface area (Å²) >= 11 is 0. The Morgan fingerprint density at radius 1 is 1.44 bits per heavy atom. The fourth-order valence-corrected chi connectivity index (χ4v) is 2.21. The monoisotopic (exact) mass is 338 g/mol. The van der Waals surface area contributed by atoms with E-state index >= 15 is 0 Å². The second-order valence-electron chi connectivity index (χ2n) is 6.72. The first-order chi connectivity index (χ1) is 11.7. The van der Waals surface area contributed by atoms with Crippen molar-refractivity contribution in [1.29, 1.82) is 0 Å². The number of non-ortho nitro benzene ring substituents is 1. The lowest BCUT2D eigenvalue weighted by Crippen LogP contribution is -2.02. The first kappa shape index (κ1) is 18.3. The van der Waals surface area contributed by atoms with E-state index in [2.05, 4.69) is 28.8 Å². The van der Waals surface area contributed by atoms with Crippen molar-refractivity contribution in [3.05, 3.63) is 52.7 Å². The number of rotatable bonds is 5. The number of aromatic nitrogens is 2. The Bertz CT molecular complexity index is 864. The molecule has 2 aromatic rings. The van der Waals surface area contributed by atoms with Crippen LogP contribution >= 0.6 is 0 Å². The molecule has 0 fully saturated rings. The van der Waals surface area contributed by atoms with Gasteiger partial charge in [-0.3, -0.25) is 14.8 Å². The van der Waals surface area contributed by atoms with Gasteiger partial charge in [0.1, 0.15) is 5.69 Å². The number of nitrogens with zero attached hydrogens (tertiary/aromatic N) is 3. The van der Waals surface area contributed by atoms with Crippen LogP contribution in [0.4, 0.5) is 11.4 Å². The molecule has 0 aliphatic rings. The Labute approximate surface area is 147 Å². The molecule has 0 saturated heterocycles. The van der Waals surface area contributed by atoms with E-state index in [1.165, 1.54) is 12.1 Å². The van der Waals surface area contributed by atoms with Crippen LogP contribution in [0.2, 0.25) is 0 Å². The standard InChI is InChI=1S/C19H22N4O2/c1-6-11-20-17-8-7-15(23(24)25)12-16(17)18-14(13-22(5)21-18)9-10-19(2,3)4/h6-8,12-13,20H,1,11H2,2-5H3. The van der Waals surface area contributed by atoms with E-state index in [9.17, 15) is 10.1 Å². The molecular weight excluding hydrogens is 316 g/mol. The molecule has 6 nitrogen and oxygen atoms in total. The van der Waals surface area contributed by atoms with E-state index in [4.69, 9.17) is 0 Å². The molecule has 0 unspecified atom stereocenters. The van der Waals surface area contributed by atoms with Gasteiger partial charge in [0, 0.05) is 48.6 Å². The summed E-state index contributed by atoms with van der Waals surface area (Å²) in [6, 6.07) is 4.68. The Kier molecular flexibility index (Phi) is 5.28. The zero-order valence-corrected chi connectivity index (χ0v) is 15.0. The molecule has 1 aromatic carbocycles. The highest BCUT2D eigenvalue weighted by Gasteiger charge is 2.17. The zero-order valence-electron chi connectivity index (χ0n) is 15.0. The summed E-state index contributed by atoms with van der Waals surface area (Å²) in [6.45, 7) is 10.3. The largest absolute Gasteiger partial charge is 0.381 e. The summed E-state index contributed by atoms with van der Waals surface area (Å²) in [7, 11) is 1.81. The number of aryl methyl sites for hydroxylation is 1. The highest BCUT2D eigenvalue weighted by Crippen LogP contribution is 2.32. The van der Waals surface area contributed by atoms with Crippen LogP contribution < -0.4 is 5.32 Å². The van der Waals surface area contributed by atoms with Gasteiger partial charge in [-0.15, -0.1) is 6.58 Å². The van der Waals surface area contributed by atoms with Crippen molar-refractivity contribution in [2.75, 3.05) is 11.9 Å². The van der Waals surface area contributed by atoms with Crippen molar-refractivity contribution in [2.45, 2.75) is 20.8 Å². The number of nitro groups is 1. The van der Waals surface area contributed by atoms with Gasteiger partial charge in [0.2, 0.25) is 0 Å². The predicted molar refractivity (Wildman–Crippen MR) is 100 cm³/mol. The molecule has 0 bridgehead atoms. The number of anilines is 1. The molecule has 1 aromatic heterocycles. The Hall–Kier alpha value is -3.07. The highest BCUT2D eigenvalue weighted by molar-refractivity contribution is 5.81. The number of hydrogen-bond acceptors (Lipinski definition) is 4. The molecule has 0 saturated carbocycles. The van der Waals surface area contributed by atoms with Crippen molar-refractivity contribution in [3.8, 4) is 23.1 Å². The molecule has 25 heavy (non-hydrogen) atoms. The van der Waals surface area contributed by atoms with Gasteiger partial charge in [-0.05, 0) is 26.8 Å². The van der Waals surface area contributed by atoms with E-state index in [-0.39, 0.29) is 11.1 Å². The fourth-order valence-electron chi connectivity index (χ4n) is 2.21. The lowest BCUT2D eigenvalue weighted by Gasteiger charge is -2.10. The van der Waals surface area contributed by atoms with Crippen molar-refractivity contribution in [2.24, 2.45) is 12.5 Å². The van der Waals surface area contributed by atoms with Crippen molar-refractivity contribution < 1.29 is 4.92 Å². The van der Waals surface area contributed by atoms with Crippen LogP contribution in [0.5, 0.6) is 0 Å². The highest BCUT2D eigenvalue weighted by atomic mass is 16.6. The van der Waals surface area contributed by atoms with Gasteiger partial charge in [0.25, 0.3) is 5.69 Å². The maximum atomic E-state index is 11.2. The Morgan fingerprint density at radius 2 is 2.16 bits per heavy atom. The van der Waals surface area contributed by atoms with E-state index in [0.717, 1.165) is 11.3 Å². The fraction of sp³-hybridized carbons (Fsp3) is 0.316. The maximum absolute atomic E-state index is 11.2. The molecule has 0 aliphatic carbocycles. The van der Waals surface area contributed by atoms with Crippen molar-refractivity contribution >= 4 is 11.4 Å². The number of benzene rings is 1. The smallest absolute Gasteiger partial charge is 0.270 e. The second-order valence-corrected chi connectivity index (χ2v) is 6.72. The summed E-state index contributed by atoms with van der Waals surface area (Å²) in [6.07, 6.45) is 3.55. The van der Waals surface area contributed by atoms with Crippen LogP contribution in [0.25, 0.3) is 11.3 Å². The van der Waals surface area contributed by atoms with Crippen LogP contribution in [-0.2, 0) is 7.05 Å². The number of nitro benzene ring substituents is 1. The Balaban J connectivity index is 2.62. The SMILES string of the molecule is C=CCNc1ccc([N+](=O)[O-])cc1-c1nn(C)cc1C#CC(C)(C)C. The summed E-state index contributed by atoms with van der Waals surface area (Å²) in [5.41, 5.74) is 2.62. The molecule has 0 atom stereocenters. The zero-order chi connectivity index (χ0) is 18.6. The first-order valence-corrected chi connectivity index (χ1v) is 7.91. The average molecular weight is 338 g/mol. The van der Waals surface area contributed by atoms with E-state index < -0.39 is 4.92 Å². The predicted octanol–water partition coefficient (Wildman–Crippen LogP) is 3.99. The van der Waals surface area contributed by atoms with Crippen LogP contribution in [0.3, 0.4) is 0 Å². The Morgan fingerprint density at radius 3 is 2.76 bits per heavy atom. The molecule has 1 N–H and O–H groups in total. The third kappa shape index (κ3) is 4.70. The molecular formula is C19H22N4O2. The van der Waals surface area contributed by atoms with Gasteiger partial charge >= 0.3 is 0 Å². The third-order valence-electron chi connectivity index (χ3n) is 3.31.